The molecule has 4 aromatic rings. The maximum Gasteiger partial charge on any atom is 0.303 e. The number of nitrogens with zero attached hydrogens (tertiary/aromatic N) is 1. The van der Waals surface area contributed by atoms with Crippen molar-refractivity contribution in [1.29, 1.82) is 0 Å². The summed E-state index contributed by atoms with van der Waals surface area (Å²) in [6.07, 6.45) is -0.919. The van der Waals surface area contributed by atoms with Gasteiger partial charge in [-0.15, -0.1) is 0 Å². The Morgan fingerprint density at radius 2 is 1.57 bits per heavy atom. The van der Waals surface area contributed by atoms with Crippen molar-refractivity contribution in [3.8, 4) is 11.1 Å². The molecule has 0 bridgehead atoms. The number of hydrogen-bond donors (Lipinski definition) is 2. The molecule has 0 aliphatic carbocycles. The van der Waals surface area contributed by atoms with Gasteiger partial charge in [-0.1, -0.05) is 97.1 Å². The van der Waals surface area contributed by atoms with Gasteiger partial charge in [-0.3, -0.25) is 14.5 Å². The lowest BCUT2D eigenvalue weighted by Crippen LogP contribution is -2.38. The zero-order valence-corrected chi connectivity index (χ0v) is 27.5. The van der Waals surface area contributed by atoms with Gasteiger partial charge in [0.25, 0.3) is 5.91 Å². The number of benzene rings is 4. The van der Waals surface area contributed by atoms with Crippen molar-refractivity contribution in [3.63, 3.8) is 0 Å². The molecule has 2 N–H and O–H groups in total. The molecule has 5 rings (SSSR count). The van der Waals surface area contributed by atoms with Gasteiger partial charge in [0.15, 0.2) is 12.4 Å². The fourth-order valence-electron chi connectivity index (χ4n) is 5.83. The number of ether oxygens (including phenoxy) is 3. The van der Waals surface area contributed by atoms with Crippen LogP contribution < -0.4 is 5.32 Å². The van der Waals surface area contributed by atoms with Gasteiger partial charge in [-0.25, -0.2) is 0 Å². The average Bonchev–Trinajstić information content (AvgIpc) is 3.10. The number of aliphatic hydroxyl groups is 1. The molecule has 5 unspecified atom stereocenters. The molecule has 8 heteroatoms. The first-order valence-electron chi connectivity index (χ1n) is 16.1. The van der Waals surface area contributed by atoms with E-state index in [9.17, 15) is 14.7 Å². The highest BCUT2D eigenvalue weighted by atomic mass is 16.7. The summed E-state index contributed by atoms with van der Waals surface area (Å²) in [5.41, 5.74) is 7.07. The van der Waals surface area contributed by atoms with Crippen LogP contribution in [0.15, 0.2) is 103 Å². The maximum atomic E-state index is 12.3. The van der Waals surface area contributed by atoms with Crippen molar-refractivity contribution in [2.45, 2.75) is 71.0 Å². The lowest BCUT2D eigenvalue weighted by molar-refractivity contribution is -0.253. The minimum absolute atomic E-state index is 0.00150. The number of esters is 1. The van der Waals surface area contributed by atoms with E-state index in [0.717, 1.165) is 39.9 Å². The number of hydrogen-bond acceptors (Lipinski definition) is 7. The fraction of sp³-hybridized carbons (Fsp3) is 0.333. The van der Waals surface area contributed by atoms with Crippen LogP contribution in [-0.2, 0) is 37.0 Å². The van der Waals surface area contributed by atoms with Crippen LogP contribution in [0.4, 0.5) is 0 Å². The van der Waals surface area contributed by atoms with Crippen molar-refractivity contribution in [3.05, 3.63) is 131 Å². The van der Waals surface area contributed by atoms with E-state index in [0.29, 0.717) is 13.0 Å². The third-order valence-electron chi connectivity index (χ3n) is 8.67. The van der Waals surface area contributed by atoms with Crippen LogP contribution in [0.3, 0.4) is 0 Å². The van der Waals surface area contributed by atoms with Crippen LogP contribution in [0.2, 0.25) is 0 Å². The number of likely N-dealkylation sites (N-methyl/N-ethyl adjacent to an activating group) is 1. The molecule has 4 aromatic carbocycles. The number of aliphatic hydroxyl groups excluding tert-OH is 1. The summed E-state index contributed by atoms with van der Waals surface area (Å²) in [7, 11) is 2.13. The van der Waals surface area contributed by atoms with Gasteiger partial charge in [0.05, 0.1) is 18.8 Å². The second kappa shape index (κ2) is 16.0. The Morgan fingerprint density at radius 1 is 0.872 bits per heavy atom. The van der Waals surface area contributed by atoms with Crippen LogP contribution in [0, 0.1) is 0 Å². The van der Waals surface area contributed by atoms with Crippen LogP contribution in [0.1, 0.15) is 73.4 Å². The second-order valence-electron chi connectivity index (χ2n) is 12.2. The SMILES string of the molecule is CC(=O)OC(C)C(=O)NCc1cccc(-c2ccc(C3OC(CN(C)C(C)c4ccccc4)CC(c4ccc(CO)cc4)O3)cc2)c1. The molecular weight excluding hydrogens is 592 g/mol. The minimum atomic E-state index is -0.848. The first-order valence-corrected chi connectivity index (χ1v) is 16.1. The number of rotatable bonds is 12. The van der Waals surface area contributed by atoms with Crippen molar-refractivity contribution < 1.29 is 28.9 Å². The molecule has 1 saturated heterocycles. The molecule has 5 atom stereocenters. The van der Waals surface area contributed by atoms with Gasteiger partial charge in [-0.2, -0.15) is 0 Å². The highest BCUT2D eigenvalue weighted by Gasteiger charge is 2.33. The van der Waals surface area contributed by atoms with Gasteiger partial charge in [0, 0.05) is 38.0 Å². The van der Waals surface area contributed by atoms with Crippen LogP contribution >= 0.6 is 0 Å². The summed E-state index contributed by atoms with van der Waals surface area (Å²) in [6.45, 7) is 6.10. The highest BCUT2D eigenvalue weighted by Crippen LogP contribution is 2.39. The topological polar surface area (TPSA) is 97.3 Å². The Kier molecular flexibility index (Phi) is 11.6. The third-order valence-corrected chi connectivity index (χ3v) is 8.67. The number of nitrogens with one attached hydrogen (secondary N) is 1. The average molecular weight is 637 g/mol. The van der Waals surface area contributed by atoms with E-state index < -0.39 is 18.4 Å². The van der Waals surface area contributed by atoms with Crippen LogP contribution in [-0.4, -0.2) is 47.7 Å². The zero-order valence-electron chi connectivity index (χ0n) is 27.5. The number of carbonyl (C=O) groups excluding carboxylic acids is 2. The zero-order chi connectivity index (χ0) is 33.3. The second-order valence-corrected chi connectivity index (χ2v) is 12.2. The molecule has 246 valence electrons. The normalized spacial score (nSPS) is 19.1. The van der Waals surface area contributed by atoms with Crippen molar-refractivity contribution in [2.24, 2.45) is 0 Å². The van der Waals surface area contributed by atoms with E-state index in [1.54, 1.807) is 6.92 Å². The van der Waals surface area contributed by atoms with Crippen LogP contribution in [0.25, 0.3) is 11.1 Å². The van der Waals surface area contributed by atoms with Gasteiger partial charge >= 0.3 is 5.97 Å². The first kappa shape index (κ1) is 34.0. The lowest BCUT2D eigenvalue weighted by Gasteiger charge is -2.39. The molecule has 8 nitrogen and oxygen atoms in total. The molecule has 1 aliphatic rings. The molecular formula is C39H44N2O6. The minimum Gasteiger partial charge on any atom is -0.453 e. The Bertz CT molecular complexity index is 1610. The number of carbonyl (C=O) groups is 2. The Morgan fingerprint density at radius 3 is 2.26 bits per heavy atom. The van der Waals surface area contributed by atoms with E-state index in [-0.39, 0.29) is 30.8 Å². The molecule has 0 saturated carbocycles. The molecule has 0 aromatic heterocycles. The standard InChI is InChI=1S/C39H44N2O6/c1-26(31-10-6-5-7-11-31)41(4)24-36-22-37(33-15-13-29(25-42)14-16-33)47-39(46-36)34-19-17-32(18-20-34)35-12-8-9-30(21-35)23-40-38(44)27(2)45-28(3)43/h5-21,26-27,36-37,39,42H,22-25H2,1-4H3,(H,40,44). The molecule has 1 heterocycles. The smallest absolute Gasteiger partial charge is 0.303 e. The molecule has 47 heavy (non-hydrogen) atoms. The summed E-state index contributed by atoms with van der Waals surface area (Å²) in [5.74, 6) is -0.834. The van der Waals surface area contributed by atoms with Gasteiger partial charge in [0.1, 0.15) is 0 Å². The fourth-order valence-corrected chi connectivity index (χ4v) is 5.83. The van der Waals surface area contributed by atoms with Gasteiger partial charge in [-0.05, 0) is 60.3 Å². The monoisotopic (exact) mass is 636 g/mol. The summed E-state index contributed by atoms with van der Waals surface area (Å²) in [4.78, 5) is 25.8. The Labute approximate surface area is 277 Å². The summed E-state index contributed by atoms with van der Waals surface area (Å²) < 4.78 is 18.2. The summed E-state index contributed by atoms with van der Waals surface area (Å²) in [6, 6.07) is 34.8. The van der Waals surface area contributed by atoms with E-state index in [4.69, 9.17) is 14.2 Å². The summed E-state index contributed by atoms with van der Waals surface area (Å²) in [5, 5.41) is 12.4. The van der Waals surface area contributed by atoms with E-state index in [1.807, 2.05) is 66.7 Å². The quantitative estimate of drug-likeness (QED) is 0.168. The van der Waals surface area contributed by atoms with E-state index in [2.05, 4.69) is 60.6 Å². The van der Waals surface area contributed by atoms with E-state index in [1.165, 1.54) is 12.5 Å². The third kappa shape index (κ3) is 9.14. The van der Waals surface area contributed by atoms with Crippen molar-refractivity contribution in [2.75, 3.05) is 13.6 Å². The van der Waals surface area contributed by atoms with Crippen LogP contribution in [0.5, 0.6) is 0 Å². The molecule has 1 amide bonds. The summed E-state index contributed by atoms with van der Waals surface area (Å²) >= 11 is 0. The predicted molar refractivity (Wildman–Crippen MR) is 181 cm³/mol. The Hall–Kier alpha value is -4.34. The molecule has 1 aliphatic heterocycles. The van der Waals surface area contributed by atoms with E-state index >= 15 is 0 Å². The van der Waals surface area contributed by atoms with Crippen molar-refractivity contribution in [1.82, 2.24) is 10.2 Å². The largest absolute Gasteiger partial charge is 0.453 e. The van der Waals surface area contributed by atoms with Crippen molar-refractivity contribution >= 4 is 11.9 Å². The maximum absolute atomic E-state index is 12.3. The molecule has 1 fully saturated rings. The first-order chi connectivity index (χ1) is 22.7. The lowest BCUT2D eigenvalue weighted by atomic mass is 9.98. The van der Waals surface area contributed by atoms with Gasteiger partial charge < -0.3 is 24.6 Å². The van der Waals surface area contributed by atoms with Gasteiger partial charge in [0.2, 0.25) is 0 Å². The highest BCUT2D eigenvalue weighted by molar-refractivity contribution is 5.82. The predicted octanol–water partition coefficient (Wildman–Crippen LogP) is 6.65. The molecule has 0 radical (unpaired) electrons. The Balaban J connectivity index is 1.30. The number of amides is 1. The molecule has 0 spiro atoms.